The second kappa shape index (κ2) is 10.1. The van der Waals surface area contributed by atoms with Crippen LogP contribution in [0, 0.1) is 6.92 Å². The molecule has 9 heteroatoms. The van der Waals surface area contributed by atoms with Crippen molar-refractivity contribution in [3.05, 3.63) is 53.9 Å². The van der Waals surface area contributed by atoms with Crippen molar-refractivity contribution in [1.29, 1.82) is 0 Å². The Balaban J connectivity index is 1.71. The zero-order chi connectivity index (χ0) is 23.3. The van der Waals surface area contributed by atoms with Crippen molar-refractivity contribution in [3.63, 3.8) is 0 Å². The van der Waals surface area contributed by atoms with Crippen molar-refractivity contribution >= 4 is 27.0 Å². The number of hydrogen-bond donors (Lipinski definition) is 1. The molecule has 3 rings (SSSR count). The van der Waals surface area contributed by atoms with Gasteiger partial charge in [0.25, 0.3) is 5.91 Å². The lowest BCUT2D eigenvalue weighted by Crippen LogP contribution is -2.31. The fraction of sp³-hybridized carbons (Fsp3) is 0.391. The van der Waals surface area contributed by atoms with Gasteiger partial charge in [-0.25, -0.2) is 13.4 Å². The number of aryl methyl sites for hydroxylation is 2. The van der Waals surface area contributed by atoms with Crippen molar-refractivity contribution in [2.45, 2.75) is 38.6 Å². The summed E-state index contributed by atoms with van der Waals surface area (Å²) >= 11 is 0. The smallest absolute Gasteiger partial charge is 0.255 e. The van der Waals surface area contributed by atoms with Crippen molar-refractivity contribution in [1.82, 2.24) is 19.2 Å². The number of imidazole rings is 1. The first kappa shape index (κ1) is 23.7. The predicted octanol–water partition coefficient (Wildman–Crippen LogP) is 3.20. The molecule has 8 nitrogen and oxygen atoms in total. The number of methoxy groups -OCH3 is 1. The number of aromatic nitrogens is 2. The molecule has 0 fully saturated rings. The number of rotatable bonds is 10. The predicted molar refractivity (Wildman–Crippen MR) is 125 cm³/mol. The lowest BCUT2D eigenvalue weighted by molar-refractivity contribution is 0.0949. The minimum absolute atomic E-state index is 0.0765. The van der Waals surface area contributed by atoms with Gasteiger partial charge in [-0.15, -0.1) is 0 Å². The molecule has 0 aliphatic rings. The Morgan fingerprint density at radius 3 is 2.56 bits per heavy atom. The van der Waals surface area contributed by atoms with E-state index < -0.39 is 10.0 Å². The number of amides is 1. The summed E-state index contributed by atoms with van der Waals surface area (Å²) < 4.78 is 34.5. The van der Waals surface area contributed by atoms with Gasteiger partial charge in [-0.2, -0.15) is 4.31 Å². The van der Waals surface area contributed by atoms with Gasteiger partial charge in [-0.05, 0) is 43.7 Å². The van der Waals surface area contributed by atoms with E-state index in [0.29, 0.717) is 38.3 Å². The van der Waals surface area contributed by atoms with E-state index in [9.17, 15) is 13.2 Å². The molecule has 1 heterocycles. The van der Waals surface area contributed by atoms with Crippen LogP contribution in [-0.4, -0.2) is 54.9 Å². The Kier molecular flexibility index (Phi) is 7.52. The Morgan fingerprint density at radius 2 is 1.88 bits per heavy atom. The highest BCUT2D eigenvalue weighted by atomic mass is 32.2. The lowest BCUT2D eigenvalue weighted by atomic mass is 10.2. The Morgan fingerprint density at radius 1 is 1.16 bits per heavy atom. The standard InChI is InChI=1S/C23H30N4O4S/c1-5-26(6-2)32(29,30)18-12-13-22(31-4)19(16-18)23(28)24-14-9-15-27-17(3)25-20-10-7-8-11-21(20)27/h7-8,10-13,16H,5-6,9,14-15H2,1-4H3,(H,24,28). The molecule has 0 spiro atoms. The number of sulfonamides is 1. The highest BCUT2D eigenvalue weighted by molar-refractivity contribution is 7.89. The van der Waals surface area contributed by atoms with E-state index in [1.807, 2.05) is 31.2 Å². The topological polar surface area (TPSA) is 93.5 Å². The summed E-state index contributed by atoms with van der Waals surface area (Å²) in [5.41, 5.74) is 2.21. The summed E-state index contributed by atoms with van der Waals surface area (Å²) in [6.07, 6.45) is 0.701. The first-order chi connectivity index (χ1) is 15.3. The van der Waals surface area contributed by atoms with Gasteiger partial charge < -0.3 is 14.6 Å². The summed E-state index contributed by atoms with van der Waals surface area (Å²) in [6.45, 7) is 7.38. The molecule has 1 amide bonds. The molecule has 1 N–H and O–H groups in total. The summed E-state index contributed by atoms with van der Waals surface area (Å²) in [4.78, 5) is 17.5. The van der Waals surface area contributed by atoms with Crippen LogP contribution in [-0.2, 0) is 16.6 Å². The molecular formula is C23H30N4O4S. The first-order valence-corrected chi connectivity index (χ1v) is 12.2. The molecule has 0 unspecified atom stereocenters. The summed E-state index contributed by atoms with van der Waals surface area (Å²) in [5.74, 6) is 0.886. The second-order valence-corrected chi connectivity index (χ2v) is 9.30. The quantitative estimate of drug-likeness (QED) is 0.471. The Bertz CT molecular complexity index is 1200. The van der Waals surface area contributed by atoms with E-state index in [0.717, 1.165) is 16.9 Å². The zero-order valence-electron chi connectivity index (χ0n) is 19.0. The maximum atomic E-state index is 12.8. The molecule has 172 valence electrons. The third-order valence-electron chi connectivity index (χ3n) is 5.45. The van der Waals surface area contributed by atoms with E-state index >= 15 is 0 Å². The molecule has 0 aliphatic carbocycles. The molecule has 0 aliphatic heterocycles. The van der Waals surface area contributed by atoms with Gasteiger partial charge in [0.1, 0.15) is 11.6 Å². The molecule has 0 saturated carbocycles. The number of nitrogens with zero attached hydrogens (tertiary/aromatic N) is 3. The van der Waals surface area contributed by atoms with Crippen LogP contribution in [0.25, 0.3) is 11.0 Å². The van der Waals surface area contributed by atoms with Crippen molar-refractivity contribution in [2.24, 2.45) is 0 Å². The number of carbonyl (C=O) groups excluding carboxylic acids is 1. The molecular weight excluding hydrogens is 428 g/mol. The molecule has 0 bridgehead atoms. The number of para-hydroxylation sites is 2. The lowest BCUT2D eigenvalue weighted by Gasteiger charge is -2.19. The Labute approximate surface area is 189 Å². The van der Waals surface area contributed by atoms with Crippen LogP contribution >= 0.6 is 0 Å². The number of ether oxygens (including phenoxy) is 1. The van der Waals surface area contributed by atoms with E-state index in [4.69, 9.17) is 4.74 Å². The molecule has 1 aromatic heterocycles. The van der Waals surface area contributed by atoms with Crippen LogP contribution in [0.1, 0.15) is 36.5 Å². The SMILES string of the molecule is CCN(CC)S(=O)(=O)c1ccc(OC)c(C(=O)NCCCn2c(C)nc3ccccc32)c1. The summed E-state index contributed by atoms with van der Waals surface area (Å²) in [7, 11) is -2.22. The monoisotopic (exact) mass is 458 g/mol. The van der Waals surface area contributed by atoms with Gasteiger partial charge in [0, 0.05) is 26.2 Å². The molecule has 0 radical (unpaired) electrons. The van der Waals surface area contributed by atoms with E-state index in [2.05, 4.69) is 14.9 Å². The van der Waals surface area contributed by atoms with Crippen LogP contribution in [0.4, 0.5) is 0 Å². The van der Waals surface area contributed by atoms with Gasteiger partial charge in [0.2, 0.25) is 10.0 Å². The maximum absolute atomic E-state index is 12.8. The fourth-order valence-corrected chi connectivity index (χ4v) is 5.23. The minimum atomic E-state index is -3.68. The number of benzene rings is 2. The van der Waals surface area contributed by atoms with Crippen LogP contribution < -0.4 is 10.1 Å². The van der Waals surface area contributed by atoms with Crippen LogP contribution in [0.5, 0.6) is 5.75 Å². The van der Waals surface area contributed by atoms with Gasteiger partial charge in [0.15, 0.2) is 0 Å². The molecule has 2 aromatic carbocycles. The van der Waals surface area contributed by atoms with Crippen molar-refractivity contribution < 1.29 is 17.9 Å². The van der Waals surface area contributed by atoms with E-state index in [-0.39, 0.29) is 16.4 Å². The molecule has 0 atom stereocenters. The Hall–Kier alpha value is -2.91. The van der Waals surface area contributed by atoms with Gasteiger partial charge in [-0.1, -0.05) is 26.0 Å². The third-order valence-corrected chi connectivity index (χ3v) is 7.49. The zero-order valence-corrected chi connectivity index (χ0v) is 19.8. The van der Waals surface area contributed by atoms with Gasteiger partial charge >= 0.3 is 0 Å². The summed E-state index contributed by atoms with van der Waals surface area (Å²) in [6, 6.07) is 12.3. The number of carbonyl (C=O) groups is 1. The molecule has 3 aromatic rings. The fourth-order valence-electron chi connectivity index (χ4n) is 3.75. The van der Waals surface area contributed by atoms with Crippen LogP contribution in [0.2, 0.25) is 0 Å². The van der Waals surface area contributed by atoms with Gasteiger partial charge in [-0.3, -0.25) is 4.79 Å². The molecule has 32 heavy (non-hydrogen) atoms. The van der Waals surface area contributed by atoms with E-state index in [1.165, 1.54) is 29.6 Å². The second-order valence-electron chi connectivity index (χ2n) is 7.36. The maximum Gasteiger partial charge on any atom is 0.255 e. The van der Waals surface area contributed by atoms with Crippen LogP contribution in [0.15, 0.2) is 47.4 Å². The first-order valence-electron chi connectivity index (χ1n) is 10.7. The number of fused-ring (bicyclic) bond motifs is 1. The van der Waals surface area contributed by atoms with Crippen LogP contribution in [0.3, 0.4) is 0 Å². The normalized spacial score (nSPS) is 11.8. The highest BCUT2D eigenvalue weighted by Gasteiger charge is 2.24. The minimum Gasteiger partial charge on any atom is -0.496 e. The van der Waals surface area contributed by atoms with Crippen molar-refractivity contribution in [3.8, 4) is 5.75 Å². The average Bonchev–Trinajstić information content (AvgIpc) is 3.11. The average molecular weight is 459 g/mol. The van der Waals surface area contributed by atoms with Gasteiger partial charge in [0.05, 0.1) is 28.6 Å². The summed E-state index contributed by atoms with van der Waals surface area (Å²) in [5, 5.41) is 2.88. The molecule has 0 saturated heterocycles. The largest absolute Gasteiger partial charge is 0.496 e. The highest BCUT2D eigenvalue weighted by Crippen LogP contribution is 2.24. The number of hydrogen-bond acceptors (Lipinski definition) is 5. The van der Waals surface area contributed by atoms with Crippen molar-refractivity contribution in [2.75, 3.05) is 26.7 Å². The third kappa shape index (κ3) is 4.78. The van der Waals surface area contributed by atoms with E-state index in [1.54, 1.807) is 13.8 Å². The number of nitrogens with one attached hydrogen (secondary N) is 1.